The van der Waals surface area contributed by atoms with E-state index in [1.54, 1.807) is 6.20 Å². The molecule has 0 saturated carbocycles. The van der Waals surface area contributed by atoms with Gasteiger partial charge in [-0.3, -0.25) is 4.98 Å². The molecule has 31 heavy (non-hydrogen) atoms. The van der Waals surface area contributed by atoms with Crippen molar-refractivity contribution < 1.29 is 0 Å². The van der Waals surface area contributed by atoms with E-state index in [9.17, 15) is 0 Å². The van der Waals surface area contributed by atoms with Crippen molar-refractivity contribution in [3.63, 3.8) is 0 Å². The first-order valence-corrected chi connectivity index (χ1v) is 10.8. The average Bonchev–Trinajstić information content (AvgIpc) is 3.24. The van der Waals surface area contributed by atoms with Crippen LogP contribution in [-0.2, 0) is 5.41 Å². The SMILES string of the molecule is C=C/C(=C\C(=C/C)c1ccc(NC)c(C(C)(C)c2nc3ccncc3[nH]2)c1)CNCC. The van der Waals surface area contributed by atoms with E-state index < -0.39 is 0 Å². The highest BCUT2D eigenvalue weighted by atomic mass is 15.0. The molecule has 0 radical (unpaired) electrons. The van der Waals surface area contributed by atoms with Crippen molar-refractivity contribution in [1.82, 2.24) is 20.3 Å². The van der Waals surface area contributed by atoms with E-state index in [1.165, 1.54) is 22.3 Å². The molecule has 3 N–H and O–H groups in total. The fraction of sp³-hybridized carbons (Fsp3) is 0.308. The molecule has 2 aromatic heterocycles. The minimum absolute atomic E-state index is 0.332. The van der Waals surface area contributed by atoms with Crippen LogP contribution in [0.3, 0.4) is 0 Å². The van der Waals surface area contributed by atoms with Gasteiger partial charge in [-0.15, -0.1) is 0 Å². The molecule has 0 saturated heterocycles. The van der Waals surface area contributed by atoms with Crippen LogP contribution in [0.1, 0.15) is 44.6 Å². The number of anilines is 1. The van der Waals surface area contributed by atoms with Crippen LogP contribution in [0.15, 0.2) is 67.0 Å². The molecule has 1 aromatic carbocycles. The summed E-state index contributed by atoms with van der Waals surface area (Å²) in [7, 11) is 1.96. The summed E-state index contributed by atoms with van der Waals surface area (Å²) >= 11 is 0. The minimum atomic E-state index is -0.332. The average molecular weight is 416 g/mol. The van der Waals surface area contributed by atoms with E-state index in [1.807, 2.05) is 25.4 Å². The summed E-state index contributed by atoms with van der Waals surface area (Å²) in [6, 6.07) is 8.50. The van der Waals surface area contributed by atoms with Crippen LogP contribution in [-0.4, -0.2) is 35.1 Å². The lowest BCUT2D eigenvalue weighted by molar-refractivity contribution is 0.602. The van der Waals surface area contributed by atoms with Gasteiger partial charge in [0, 0.05) is 30.9 Å². The molecule has 0 aliphatic heterocycles. The molecule has 2 heterocycles. The second-order valence-corrected chi connectivity index (χ2v) is 8.06. The Morgan fingerprint density at radius 2 is 2.06 bits per heavy atom. The van der Waals surface area contributed by atoms with E-state index in [0.29, 0.717) is 0 Å². The summed E-state index contributed by atoms with van der Waals surface area (Å²) in [5, 5.41) is 6.73. The summed E-state index contributed by atoms with van der Waals surface area (Å²) < 4.78 is 0. The van der Waals surface area contributed by atoms with Crippen molar-refractivity contribution in [3.8, 4) is 0 Å². The number of hydrogen-bond acceptors (Lipinski definition) is 4. The third-order valence-corrected chi connectivity index (χ3v) is 5.66. The number of likely N-dealkylation sites (N-methyl/N-ethyl adjacent to an activating group) is 1. The van der Waals surface area contributed by atoms with Gasteiger partial charge in [-0.25, -0.2) is 4.98 Å². The van der Waals surface area contributed by atoms with Gasteiger partial charge in [0.05, 0.1) is 17.2 Å². The first kappa shape index (κ1) is 22.5. The summed E-state index contributed by atoms with van der Waals surface area (Å²) in [5.74, 6) is 0.917. The Morgan fingerprint density at radius 3 is 2.71 bits per heavy atom. The van der Waals surface area contributed by atoms with E-state index in [0.717, 1.165) is 35.6 Å². The molecule has 0 atom stereocenters. The number of fused-ring (bicyclic) bond motifs is 1. The number of aromatic amines is 1. The number of benzene rings is 1. The Bertz CT molecular complexity index is 1080. The first-order chi connectivity index (χ1) is 14.9. The van der Waals surface area contributed by atoms with Crippen LogP contribution >= 0.6 is 0 Å². The zero-order chi connectivity index (χ0) is 22.4. The molecule has 0 spiro atoms. The third kappa shape index (κ3) is 4.78. The summed E-state index contributed by atoms with van der Waals surface area (Å²) in [5.41, 5.74) is 7.31. The molecule has 0 aliphatic rings. The van der Waals surface area contributed by atoms with Crippen molar-refractivity contribution in [2.45, 2.75) is 33.1 Å². The number of allylic oxidation sites excluding steroid dienone is 3. The van der Waals surface area contributed by atoms with Crippen LogP contribution < -0.4 is 10.6 Å². The molecule has 3 aromatic rings. The Labute approximate surface area is 185 Å². The van der Waals surface area contributed by atoms with Crippen molar-refractivity contribution in [2.75, 3.05) is 25.5 Å². The molecule has 162 valence electrons. The van der Waals surface area contributed by atoms with Crippen molar-refractivity contribution in [2.24, 2.45) is 0 Å². The maximum Gasteiger partial charge on any atom is 0.117 e. The maximum atomic E-state index is 4.85. The van der Waals surface area contributed by atoms with Crippen LogP contribution in [0.4, 0.5) is 5.69 Å². The van der Waals surface area contributed by atoms with Gasteiger partial charge >= 0.3 is 0 Å². The summed E-state index contributed by atoms with van der Waals surface area (Å²) in [6.07, 6.45) is 9.86. The highest BCUT2D eigenvalue weighted by molar-refractivity contribution is 5.78. The topological polar surface area (TPSA) is 65.6 Å². The normalized spacial score (nSPS) is 12.9. The molecule has 0 bridgehead atoms. The lowest BCUT2D eigenvalue weighted by Gasteiger charge is -2.26. The standard InChI is InChI=1S/C26H33N5/c1-7-18(16-28-9-3)14-19(8-2)20-10-11-22(27-6)21(15-20)26(4,5)25-30-23-12-13-29-17-24(23)31-25/h7-8,10-15,17,27-28H,1,9,16H2,2-6H3,(H,30,31)/b18-14+,19-8+. The summed E-state index contributed by atoms with van der Waals surface area (Å²) in [6.45, 7) is 14.3. The van der Waals surface area contributed by atoms with E-state index in [2.05, 4.69) is 85.2 Å². The predicted molar refractivity (Wildman–Crippen MR) is 132 cm³/mol. The Balaban J connectivity index is 2.07. The van der Waals surface area contributed by atoms with Gasteiger partial charge in [0.2, 0.25) is 0 Å². The highest BCUT2D eigenvalue weighted by Crippen LogP contribution is 2.37. The second kappa shape index (κ2) is 9.75. The van der Waals surface area contributed by atoms with Crippen molar-refractivity contribution in [1.29, 1.82) is 0 Å². The molecule has 5 nitrogen and oxygen atoms in total. The lowest BCUT2D eigenvalue weighted by Crippen LogP contribution is -2.22. The number of pyridine rings is 1. The van der Waals surface area contributed by atoms with Gasteiger partial charge in [0.15, 0.2) is 0 Å². The van der Waals surface area contributed by atoms with E-state index in [4.69, 9.17) is 4.98 Å². The minimum Gasteiger partial charge on any atom is -0.388 e. The molecular weight excluding hydrogens is 382 g/mol. The molecule has 3 rings (SSSR count). The number of H-pyrrole nitrogens is 1. The Hall–Kier alpha value is -3.18. The number of rotatable bonds is 9. The second-order valence-electron chi connectivity index (χ2n) is 8.06. The fourth-order valence-electron chi connectivity index (χ4n) is 3.72. The van der Waals surface area contributed by atoms with Crippen LogP contribution in [0.5, 0.6) is 0 Å². The number of hydrogen-bond donors (Lipinski definition) is 3. The van der Waals surface area contributed by atoms with Crippen LogP contribution in [0, 0.1) is 0 Å². The zero-order valence-corrected chi connectivity index (χ0v) is 19.2. The number of nitrogens with one attached hydrogen (secondary N) is 3. The van der Waals surface area contributed by atoms with Gasteiger partial charge in [0.1, 0.15) is 5.82 Å². The quantitative estimate of drug-likeness (QED) is 0.407. The van der Waals surface area contributed by atoms with Gasteiger partial charge in [0.25, 0.3) is 0 Å². The zero-order valence-electron chi connectivity index (χ0n) is 19.2. The summed E-state index contributed by atoms with van der Waals surface area (Å²) in [4.78, 5) is 12.5. The largest absolute Gasteiger partial charge is 0.388 e. The maximum absolute atomic E-state index is 4.85. The van der Waals surface area contributed by atoms with Gasteiger partial charge in [-0.1, -0.05) is 37.8 Å². The molecule has 0 unspecified atom stereocenters. The predicted octanol–water partition coefficient (Wildman–Crippen LogP) is 5.45. The molecular formula is C26H33N5. The van der Waals surface area contributed by atoms with Crippen LogP contribution in [0.2, 0.25) is 0 Å². The molecule has 0 fully saturated rings. The monoisotopic (exact) mass is 415 g/mol. The van der Waals surface area contributed by atoms with Crippen molar-refractivity contribution >= 4 is 22.3 Å². The molecule has 0 aliphatic carbocycles. The van der Waals surface area contributed by atoms with Crippen molar-refractivity contribution in [3.05, 3.63) is 84.0 Å². The van der Waals surface area contributed by atoms with E-state index >= 15 is 0 Å². The van der Waals surface area contributed by atoms with Gasteiger partial charge < -0.3 is 15.6 Å². The van der Waals surface area contributed by atoms with Gasteiger partial charge in [-0.05, 0) is 67.8 Å². The number of aromatic nitrogens is 3. The number of imidazole rings is 1. The highest BCUT2D eigenvalue weighted by Gasteiger charge is 2.29. The smallest absolute Gasteiger partial charge is 0.117 e. The first-order valence-electron chi connectivity index (χ1n) is 10.8. The lowest BCUT2D eigenvalue weighted by atomic mass is 9.81. The Kier molecular flexibility index (Phi) is 7.08. The Morgan fingerprint density at radius 1 is 1.26 bits per heavy atom. The number of nitrogens with zero attached hydrogens (tertiary/aromatic N) is 2. The van der Waals surface area contributed by atoms with Crippen LogP contribution in [0.25, 0.3) is 16.6 Å². The van der Waals surface area contributed by atoms with Gasteiger partial charge in [-0.2, -0.15) is 0 Å². The fourth-order valence-corrected chi connectivity index (χ4v) is 3.72. The molecule has 5 heteroatoms. The molecule has 0 amide bonds. The van der Waals surface area contributed by atoms with E-state index in [-0.39, 0.29) is 5.41 Å². The third-order valence-electron chi connectivity index (χ3n) is 5.66.